The molecule has 0 aromatic carbocycles. The molecule has 0 radical (unpaired) electrons. The number of hydrogen-bond acceptors (Lipinski definition) is 1. The molecule has 0 spiro atoms. The lowest BCUT2D eigenvalue weighted by molar-refractivity contribution is 0.532. The molecule has 0 rings (SSSR count). The predicted molar refractivity (Wildman–Crippen MR) is 55.9 cm³/mol. The smallest absolute Gasteiger partial charge is 0.0288 e. The van der Waals surface area contributed by atoms with Gasteiger partial charge in [-0.2, -0.15) is 0 Å². The van der Waals surface area contributed by atoms with Crippen LogP contribution in [0, 0.1) is 0 Å². The first-order valence-corrected chi connectivity index (χ1v) is 3.84. The summed E-state index contributed by atoms with van der Waals surface area (Å²) in [6, 6.07) is 0. The van der Waals surface area contributed by atoms with Crippen LogP contribution in [-0.4, -0.2) is 19.0 Å². The molecule has 0 aliphatic heterocycles. The van der Waals surface area contributed by atoms with E-state index in [1.165, 1.54) is 0 Å². The lowest BCUT2D eigenvalue weighted by atomic mass is 10.1. The molecule has 1 heteroatoms. The van der Waals surface area contributed by atoms with Crippen molar-refractivity contribution in [1.29, 1.82) is 0 Å². The molecule has 0 unspecified atom stereocenters. The zero-order valence-corrected chi connectivity index (χ0v) is 8.22. The molecular weight excluding hydrogens is 146 g/mol. The van der Waals surface area contributed by atoms with Gasteiger partial charge in [0.05, 0.1) is 0 Å². The van der Waals surface area contributed by atoms with Gasteiger partial charge in [-0.25, -0.2) is 0 Å². The number of allylic oxidation sites excluding steroid dienone is 4. The molecular formula is C11H17N. The first-order valence-electron chi connectivity index (χ1n) is 3.84. The maximum absolute atomic E-state index is 3.85. The summed E-state index contributed by atoms with van der Waals surface area (Å²) in [5, 5.41) is 0. The zero-order chi connectivity index (χ0) is 9.72. The van der Waals surface area contributed by atoms with E-state index in [1.54, 1.807) is 0 Å². The largest absolute Gasteiger partial charge is 0.378 e. The molecule has 0 atom stereocenters. The van der Waals surface area contributed by atoms with Crippen molar-refractivity contribution in [3.63, 3.8) is 0 Å². The highest BCUT2D eigenvalue weighted by Gasteiger charge is 1.90. The number of nitrogens with zero attached hydrogens (tertiary/aromatic N) is 1. The first-order chi connectivity index (χ1) is 5.45. The molecule has 0 heterocycles. The van der Waals surface area contributed by atoms with Gasteiger partial charge >= 0.3 is 0 Å². The Hall–Kier alpha value is -1.24. The van der Waals surface area contributed by atoms with Gasteiger partial charge in [-0.1, -0.05) is 31.4 Å². The Balaban J connectivity index is 4.17. The van der Waals surface area contributed by atoms with Crippen molar-refractivity contribution < 1.29 is 0 Å². The Labute approximate surface area is 75.4 Å². The molecule has 0 bridgehead atoms. The standard InChI is InChI=1S/C11H17N/c1-9(2)10(3)7-8-11(4)12(5)6/h7-8H,1,3-4H2,2,5-6H3. The summed E-state index contributed by atoms with van der Waals surface area (Å²) in [7, 11) is 3.91. The second-order valence-electron chi connectivity index (χ2n) is 3.02. The van der Waals surface area contributed by atoms with Crippen molar-refractivity contribution in [1.82, 2.24) is 4.90 Å². The molecule has 0 aliphatic carbocycles. The van der Waals surface area contributed by atoms with E-state index in [0.29, 0.717) is 0 Å². The highest BCUT2D eigenvalue weighted by Crippen LogP contribution is 2.07. The highest BCUT2D eigenvalue weighted by atomic mass is 15.1. The average molecular weight is 163 g/mol. The Bertz CT molecular complexity index is 231. The maximum atomic E-state index is 3.85. The zero-order valence-electron chi connectivity index (χ0n) is 8.22. The molecule has 0 fully saturated rings. The number of hydrogen-bond donors (Lipinski definition) is 0. The van der Waals surface area contributed by atoms with Crippen LogP contribution in [0.1, 0.15) is 6.92 Å². The summed E-state index contributed by atoms with van der Waals surface area (Å²) in [6.07, 6.45) is 3.85. The van der Waals surface area contributed by atoms with Crippen molar-refractivity contribution in [3.8, 4) is 0 Å². The third-order valence-corrected chi connectivity index (χ3v) is 1.60. The van der Waals surface area contributed by atoms with E-state index in [4.69, 9.17) is 0 Å². The van der Waals surface area contributed by atoms with Crippen LogP contribution in [0.25, 0.3) is 0 Å². The van der Waals surface area contributed by atoms with Gasteiger partial charge in [0.15, 0.2) is 0 Å². The first kappa shape index (κ1) is 10.8. The van der Waals surface area contributed by atoms with Crippen LogP contribution in [0.2, 0.25) is 0 Å². The van der Waals surface area contributed by atoms with E-state index in [-0.39, 0.29) is 0 Å². The van der Waals surface area contributed by atoms with Crippen molar-refractivity contribution >= 4 is 0 Å². The molecule has 0 amide bonds. The van der Waals surface area contributed by atoms with Gasteiger partial charge < -0.3 is 4.90 Å². The topological polar surface area (TPSA) is 3.24 Å². The monoisotopic (exact) mass is 163 g/mol. The maximum Gasteiger partial charge on any atom is 0.0288 e. The fourth-order valence-electron chi connectivity index (χ4n) is 0.488. The van der Waals surface area contributed by atoms with Gasteiger partial charge in [-0.05, 0) is 18.6 Å². The molecule has 0 aromatic heterocycles. The van der Waals surface area contributed by atoms with Gasteiger partial charge in [-0.15, -0.1) is 0 Å². The summed E-state index contributed by atoms with van der Waals surface area (Å²) < 4.78 is 0. The molecule has 0 saturated heterocycles. The summed E-state index contributed by atoms with van der Waals surface area (Å²) >= 11 is 0. The quantitative estimate of drug-likeness (QED) is 0.576. The average Bonchev–Trinajstić information content (AvgIpc) is 1.98. The molecule has 66 valence electrons. The van der Waals surface area contributed by atoms with E-state index in [0.717, 1.165) is 16.8 Å². The number of rotatable bonds is 4. The predicted octanol–water partition coefficient (Wildman–Crippen LogP) is 2.75. The summed E-state index contributed by atoms with van der Waals surface area (Å²) in [5.74, 6) is 0. The van der Waals surface area contributed by atoms with E-state index in [2.05, 4.69) is 19.7 Å². The van der Waals surface area contributed by atoms with Gasteiger partial charge in [0.1, 0.15) is 0 Å². The van der Waals surface area contributed by atoms with Crippen LogP contribution in [0.4, 0.5) is 0 Å². The van der Waals surface area contributed by atoms with E-state index >= 15 is 0 Å². The van der Waals surface area contributed by atoms with Gasteiger partial charge in [-0.3, -0.25) is 0 Å². The fourth-order valence-corrected chi connectivity index (χ4v) is 0.488. The minimum absolute atomic E-state index is 0.943. The molecule has 0 N–H and O–H groups in total. The second kappa shape index (κ2) is 4.60. The number of likely N-dealkylation sites (N-methyl/N-ethyl adjacent to an activating group) is 1. The third kappa shape index (κ3) is 3.81. The third-order valence-electron chi connectivity index (χ3n) is 1.60. The molecule has 1 nitrogen and oxygen atoms in total. The minimum Gasteiger partial charge on any atom is -0.378 e. The van der Waals surface area contributed by atoms with Crippen LogP contribution in [0.5, 0.6) is 0 Å². The Morgan fingerprint density at radius 1 is 1.08 bits per heavy atom. The fraction of sp³-hybridized carbons (Fsp3) is 0.273. The summed E-state index contributed by atoms with van der Waals surface area (Å²) in [5.41, 5.74) is 2.88. The Morgan fingerprint density at radius 3 is 1.92 bits per heavy atom. The van der Waals surface area contributed by atoms with Crippen LogP contribution >= 0.6 is 0 Å². The van der Waals surface area contributed by atoms with Crippen LogP contribution in [-0.2, 0) is 0 Å². The van der Waals surface area contributed by atoms with Crippen molar-refractivity contribution in [2.75, 3.05) is 14.1 Å². The van der Waals surface area contributed by atoms with Crippen molar-refractivity contribution in [3.05, 3.63) is 48.7 Å². The highest BCUT2D eigenvalue weighted by molar-refractivity contribution is 5.36. The van der Waals surface area contributed by atoms with Gasteiger partial charge in [0.25, 0.3) is 0 Å². The van der Waals surface area contributed by atoms with Crippen molar-refractivity contribution in [2.45, 2.75) is 6.92 Å². The van der Waals surface area contributed by atoms with E-state index in [1.807, 2.05) is 38.1 Å². The Morgan fingerprint density at radius 2 is 1.58 bits per heavy atom. The molecule has 0 aliphatic rings. The SMILES string of the molecule is C=C(C)C(=C)C=CC(=C)N(C)C. The Kier molecular flexibility index (Phi) is 4.12. The molecule has 12 heavy (non-hydrogen) atoms. The minimum atomic E-state index is 0.943. The molecule has 0 aromatic rings. The van der Waals surface area contributed by atoms with Gasteiger partial charge in [0, 0.05) is 19.8 Å². The summed E-state index contributed by atoms with van der Waals surface area (Å²) in [6.45, 7) is 13.4. The molecule has 0 saturated carbocycles. The summed E-state index contributed by atoms with van der Waals surface area (Å²) in [4.78, 5) is 1.95. The van der Waals surface area contributed by atoms with Gasteiger partial charge in [0.2, 0.25) is 0 Å². The van der Waals surface area contributed by atoms with Crippen LogP contribution in [0.3, 0.4) is 0 Å². The lowest BCUT2D eigenvalue weighted by Gasteiger charge is -2.11. The second-order valence-corrected chi connectivity index (χ2v) is 3.02. The van der Waals surface area contributed by atoms with Crippen molar-refractivity contribution in [2.24, 2.45) is 0 Å². The van der Waals surface area contributed by atoms with Crippen LogP contribution in [0.15, 0.2) is 48.7 Å². The van der Waals surface area contributed by atoms with E-state index in [9.17, 15) is 0 Å². The van der Waals surface area contributed by atoms with E-state index < -0.39 is 0 Å². The van der Waals surface area contributed by atoms with Crippen LogP contribution < -0.4 is 0 Å². The lowest BCUT2D eigenvalue weighted by Crippen LogP contribution is -2.07. The normalized spacial score (nSPS) is 9.92.